The summed E-state index contributed by atoms with van der Waals surface area (Å²) in [5, 5.41) is 2.67. The van der Waals surface area contributed by atoms with Crippen LogP contribution in [0.3, 0.4) is 0 Å². The zero-order valence-electron chi connectivity index (χ0n) is 8.83. The third-order valence-corrected chi connectivity index (χ3v) is 3.81. The fourth-order valence-corrected chi connectivity index (χ4v) is 2.78. The third kappa shape index (κ3) is 1.89. The SMILES string of the molecule is CCC(N)Cc1c(Cl)nc2scc(C)n12. The molecule has 0 aliphatic rings. The van der Waals surface area contributed by atoms with Crippen molar-refractivity contribution in [2.24, 2.45) is 5.73 Å². The normalized spacial score (nSPS) is 13.6. The fourth-order valence-electron chi connectivity index (χ4n) is 1.61. The van der Waals surface area contributed by atoms with E-state index >= 15 is 0 Å². The van der Waals surface area contributed by atoms with Gasteiger partial charge in [0.1, 0.15) is 0 Å². The molecule has 0 bridgehead atoms. The van der Waals surface area contributed by atoms with E-state index in [1.54, 1.807) is 11.3 Å². The number of nitrogens with zero attached hydrogens (tertiary/aromatic N) is 2. The van der Waals surface area contributed by atoms with Gasteiger partial charge in [-0.1, -0.05) is 18.5 Å². The van der Waals surface area contributed by atoms with E-state index < -0.39 is 0 Å². The van der Waals surface area contributed by atoms with Crippen LogP contribution in [-0.4, -0.2) is 15.4 Å². The molecule has 2 rings (SSSR count). The number of aromatic nitrogens is 2. The summed E-state index contributed by atoms with van der Waals surface area (Å²) < 4.78 is 2.10. The number of imidazole rings is 1. The van der Waals surface area contributed by atoms with Crippen LogP contribution < -0.4 is 5.73 Å². The van der Waals surface area contributed by atoms with Crippen LogP contribution in [0.2, 0.25) is 5.15 Å². The van der Waals surface area contributed by atoms with E-state index in [2.05, 4.69) is 28.6 Å². The molecule has 82 valence electrons. The maximum atomic E-state index is 6.10. The number of aryl methyl sites for hydroxylation is 1. The van der Waals surface area contributed by atoms with Crippen LogP contribution in [0, 0.1) is 6.92 Å². The fraction of sp³-hybridized carbons (Fsp3) is 0.500. The van der Waals surface area contributed by atoms with Crippen molar-refractivity contribution in [3.8, 4) is 0 Å². The van der Waals surface area contributed by atoms with E-state index in [1.807, 2.05) is 0 Å². The van der Waals surface area contributed by atoms with Gasteiger partial charge in [-0.15, -0.1) is 11.3 Å². The summed E-state index contributed by atoms with van der Waals surface area (Å²) in [4.78, 5) is 5.27. The topological polar surface area (TPSA) is 43.3 Å². The second-order valence-corrected chi connectivity index (χ2v) is 4.91. The van der Waals surface area contributed by atoms with Gasteiger partial charge in [0.15, 0.2) is 10.1 Å². The molecule has 2 N–H and O–H groups in total. The maximum absolute atomic E-state index is 6.10. The Hall–Kier alpha value is -0.580. The number of hydrogen-bond donors (Lipinski definition) is 1. The van der Waals surface area contributed by atoms with Crippen LogP contribution in [0.4, 0.5) is 0 Å². The Kier molecular flexibility index (Phi) is 3.00. The molecule has 5 heteroatoms. The van der Waals surface area contributed by atoms with E-state index in [9.17, 15) is 0 Å². The lowest BCUT2D eigenvalue weighted by molar-refractivity contribution is 0.633. The van der Waals surface area contributed by atoms with Gasteiger partial charge in [-0.3, -0.25) is 4.40 Å². The lowest BCUT2D eigenvalue weighted by Gasteiger charge is -2.08. The highest BCUT2D eigenvalue weighted by molar-refractivity contribution is 7.15. The Morgan fingerprint density at radius 1 is 1.67 bits per heavy atom. The first-order chi connectivity index (χ1) is 7.13. The van der Waals surface area contributed by atoms with Gasteiger partial charge in [-0.2, -0.15) is 0 Å². The average molecular weight is 244 g/mol. The Bertz CT molecular complexity index is 474. The van der Waals surface area contributed by atoms with Gasteiger partial charge < -0.3 is 5.73 Å². The van der Waals surface area contributed by atoms with E-state index in [0.717, 1.165) is 23.5 Å². The van der Waals surface area contributed by atoms with Crippen LogP contribution >= 0.6 is 22.9 Å². The summed E-state index contributed by atoms with van der Waals surface area (Å²) in [6.45, 7) is 4.14. The molecule has 0 aromatic carbocycles. The van der Waals surface area contributed by atoms with Gasteiger partial charge in [0, 0.05) is 23.5 Å². The summed E-state index contributed by atoms with van der Waals surface area (Å²) in [5.41, 5.74) is 8.16. The summed E-state index contributed by atoms with van der Waals surface area (Å²) in [6, 6.07) is 0.154. The van der Waals surface area contributed by atoms with Crippen LogP contribution in [0.5, 0.6) is 0 Å². The second-order valence-electron chi connectivity index (χ2n) is 3.72. The number of halogens is 1. The summed E-state index contributed by atoms with van der Waals surface area (Å²) in [5.74, 6) is 0. The Morgan fingerprint density at radius 3 is 3.07 bits per heavy atom. The number of rotatable bonds is 3. The molecule has 0 amide bonds. The lowest BCUT2D eigenvalue weighted by atomic mass is 10.1. The highest BCUT2D eigenvalue weighted by Crippen LogP contribution is 2.25. The van der Waals surface area contributed by atoms with Gasteiger partial charge >= 0.3 is 0 Å². The molecule has 1 atom stereocenters. The van der Waals surface area contributed by atoms with Crippen molar-refractivity contribution in [3.63, 3.8) is 0 Å². The Balaban J connectivity index is 2.47. The van der Waals surface area contributed by atoms with Crippen molar-refractivity contribution in [2.75, 3.05) is 0 Å². The first-order valence-electron chi connectivity index (χ1n) is 5.00. The largest absolute Gasteiger partial charge is 0.327 e. The Labute approximate surface area is 97.9 Å². The standard InChI is InChI=1S/C10H14ClN3S/c1-3-7(12)4-8-9(11)13-10-14(8)6(2)5-15-10/h5,7H,3-4,12H2,1-2H3. The molecule has 0 aliphatic carbocycles. The Morgan fingerprint density at radius 2 is 2.40 bits per heavy atom. The smallest absolute Gasteiger partial charge is 0.195 e. The van der Waals surface area contributed by atoms with E-state index in [-0.39, 0.29) is 6.04 Å². The summed E-state index contributed by atoms with van der Waals surface area (Å²) in [6.07, 6.45) is 1.74. The molecule has 0 saturated carbocycles. The van der Waals surface area contributed by atoms with Gasteiger partial charge in [0.2, 0.25) is 0 Å². The van der Waals surface area contributed by atoms with Crippen LogP contribution in [-0.2, 0) is 6.42 Å². The molecule has 2 aromatic rings. The van der Waals surface area contributed by atoms with Gasteiger partial charge in [-0.25, -0.2) is 4.98 Å². The maximum Gasteiger partial charge on any atom is 0.195 e. The van der Waals surface area contributed by atoms with Crippen molar-refractivity contribution in [2.45, 2.75) is 32.7 Å². The molecule has 15 heavy (non-hydrogen) atoms. The zero-order chi connectivity index (χ0) is 11.0. The van der Waals surface area contributed by atoms with Crippen molar-refractivity contribution in [1.29, 1.82) is 0 Å². The predicted molar refractivity (Wildman–Crippen MR) is 64.8 cm³/mol. The van der Waals surface area contributed by atoms with E-state index in [1.165, 1.54) is 5.69 Å². The third-order valence-electron chi connectivity index (χ3n) is 2.56. The van der Waals surface area contributed by atoms with Crippen LogP contribution in [0.15, 0.2) is 5.38 Å². The van der Waals surface area contributed by atoms with Crippen LogP contribution in [0.1, 0.15) is 24.7 Å². The lowest BCUT2D eigenvalue weighted by Crippen LogP contribution is -2.22. The number of hydrogen-bond acceptors (Lipinski definition) is 3. The number of fused-ring (bicyclic) bond motifs is 1. The van der Waals surface area contributed by atoms with Gasteiger partial charge in [-0.05, 0) is 13.3 Å². The molecule has 2 aromatic heterocycles. The molecule has 3 nitrogen and oxygen atoms in total. The molecule has 0 spiro atoms. The highest BCUT2D eigenvalue weighted by atomic mass is 35.5. The minimum Gasteiger partial charge on any atom is -0.327 e. The summed E-state index contributed by atoms with van der Waals surface area (Å²) in [7, 11) is 0. The van der Waals surface area contributed by atoms with Crippen LogP contribution in [0.25, 0.3) is 4.96 Å². The number of thiazole rings is 1. The number of nitrogens with two attached hydrogens (primary N) is 1. The molecule has 0 radical (unpaired) electrons. The van der Waals surface area contributed by atoms with Crippen molar-refractivity contribution in [1.82, 2.24) is 9.38 Å². The molecule has 1 unspecified atom stereocenters. The monoisotopic (exact) mass is 243 g/mol. The minimum absolute atomic E-state index is 0.154. The molecule has 0 fully saturated rings. The zero-order valence-corrected chi connectivity index (χ0v) is 10.4. The second kappa shape index (κ2) is 4.12. The molecular weight excluding hydrogens is 230 g/mol. The first-order valence-corrected chi connectivity index (χ1v) is 6.25. The highest BCUT2D eigenvalue weighted by Gasteiger charge is 2.15. The molecule has 0 saturated heterocycles. The average Bonchev–Trinajstić information content (AvgIpc) is 2.69. The minimum atomic E-state index is 0.154. The van der Waals surface area contributed by atoms with Crippen molar-refractivity contribution in [3.05, 3.63) is 21.9 Å². The van der Waals surface area contributed by atoms with Crippen molar-refractivity contribution < 1.29 is 0 Å². The van der Waals surface area contributed by atoms with Gasteiger partial charge in [0.25, 0.3) is 0 Å². The molecular formula is C10H14ClN3S. The van der Waals surface area contributed by atoms with E-state index in [0.29, 0.717) is 5.15 Å². The first kappa shape index (κ1) is 10.9. The summed E-state index contributed by atoms with van der Waals surface area (Å²) >= 11 is 7.71. The predicted octanol–water partition coefficient (Wildman–Crippen LogP) is 2.64. The van der Waals surface area contributed by atoms with Crippen molar-refractivity contribution >= 4 is 27.9 Å². The van der Waals surface area contributed by atoms with E-state index in [4.69, 9.17) is 17.3 Å². The quantitative estimate of drug-likeness (QED) is 0.901. The molecule has 0 aliphatic heterocycles. The molecule has 2 heterocycles. The van der Waals surface area contributed by atoms with Gasteiger partial charge in [0.05, 0.1) is 5.69 Å².